The van der Waals surface area contributed by atoms with Gasteiger partial charge in [-0.3, -0.25) is 4.79 Å². The maximum atomic E-state index is 12.1. The molecule has 3 aromatic carbocycles. The summed E-state index contributed by atoms with van der Waals surface area (Å²) in [6, 6.07) is 21.0. The number of hydrogen-bond acceptors (Lipinski definition) is 3. The van der Waals surface area contributed by atoms with Crippen LogP contribution in [0.5, 0.6) is 5.75 Å². The summed E-state index contributed by atoms with van der Waals surface area (Å²) in [6.07, 6.45) is 1.66. The van der Waals surface area contributed by atoms with Crippen molar-refractivity contribution >= 4 is 22.9 Å². The van der Waals surface area contributed by atoms with Crippen molar-refractivity contribution in [1.82, 2.24) is 5.43 Å². The van der Waals surface area contributed by atoms with Crippen LogP contribution in [0.2, 0.25) is 0 Å². The molecule has 0 fully saturated rings. The van der Waals surface area contributed by atoms with E-state index in [4.69, 9.17) is 4.74 Å². The first-order chi connectivity index (χ1) is 11.8. The molecule has 0 atom stereocenters. The Balaban J connectivity index is 1.70. The van der Waals surface area contributed by atoms with Crippen molar-refractivity contribution in [2.24, 2.45) is 5.10 Å². The number of nitrogens with zero attached hydrogens (tertiary/aromatic N) is 1. The van der Waals surface area contributed by atoms with Gasteiger partial charge in [-0.1, -0.05) is 42.5 Å². The van der Waals surface area contributed by atoms with Crippen LogP contribution in [0.1, 0.15) is 22.8 Å². The van der Waals surface area contributed by atoms with E-state index in [2.05, 4.69) is 10.5 Å². The molecule has 0 saturated heterocycles. The van der Waals surface area contributed by atoms with Crippen LogP contribution in [0.3, 0.4) is 0 Å². The summed E-state index contributed by atoms with van der Waals surface area (Å²) < 4.78 is 5.36. The van der Waals surface area contributed by atoms with E-state index in [0.29, 0.717) is 12.2 Å². The van der Waals surface area contributed by atoms with E-state index in [-0.39, 0.29) is 5.91 Å². The number of carbonyl (C=O) groups is 1. The Hall–Kier alpha value is -3.14. The number of amides is 1. The maximum absolute atomic E-state index is 12.1. The molecule has 0 aliphatic heterocycles. The highest BCUT2D eigenvalue weighted by Crippen LogP contribution is 2.16. The molecule has 24 heavy (non-hydrogen) atoms. The van der Waals surface area contributed by atoms with Crippen LogP contribution < -0.4 is 10.2 Å². The molecule has 0 spiro atoms. The van der Waals surface area contributed by atoms with Crippen LogP contribution in [0.4, 0.5) is 0 Å². The number of ether oxygens (including phenoxy) is 1. The molecular weight excluding hydrogens is 300 g/mol. The zero-order valence-electron chi connectivity index (χ0n) is 13.4. The van der Waals surface area contributed by atoms with Gasteiger partial charge in [0.2, 0.25) is 0 Å². The number of hydrazone groups is 1. The lowest BCUT2D eigenvalue weighted by Gasteiger charge is -2.04. The second kappa shape index (κ2) is 7.42. The van der Waals surface area contributed by atoms with Crippen LogP contribution >= 0.6 is 0 Å². The molecular formula is C20H18N2O2. The van der Waals surface area contributed by atoms with Crippen molar-refractivity contribution in [3.63, 3.8) is 0 Å². The Bertz CT molecular complexity index is 865. The Labute approximate surface area is 140 Å². The Morgan fingerprint density at radius 2 is 1.79 bits per heavy atom. The number of rotatable bonds is 5. The van der Waals surface area contributed by atoms with Gasteiger partial charge >= 0.3 is 0 Å². The van der Waals surface area contributed by atoms with Crippen LogP contribution in [-0.2, 0) is 0 Å². The minimum atomic E-state index is -0.255. The minimum absolute atomic E-state index is 0.255. The van der Waals surface area contributed by atoms with Crippen molar-refractivity contribution in [2.45, 2.75) is 6.92 Å². The lowest BCUT2D eigenvalue weighted by Crippen LogP contribution is -2.17. The summed E-state index contributed by atoms with van der Waals surface area (Å²) in [5.41, 5.74) is 4.05. The standard InChI is InChI=1S/C20H18N2O2/c1-2-24-18-12-10-16(11-13-18)20(23)22-21-14-17-8-5-7-15-6-3-4-9-19(15)17/h3-14H,2H2,1H3,(H,22,23). The van der Waals surface area contributed by atoms with Gasteiger partial charge in [0, 0.05) is 11.1 Å². The molecule has 3 aromatic rings. The van der Waals surface area contributed by atoms with Gasteiger partial charge in [0.25, 0.3) is 5.91 Å². The van der Waals surface area contributed by atoms with Gasteiger partial charge in [-0.25, -0.2) is 5.43 Å². The molecule has 0 aliphatic carbocycles. The molecule has 4 heteroatoms. The average molecular weight is 318 g/mol. The zero-order valence-corrected chi connectivity index (χ0v) is 13.4. The monoisotopic (exact) mass is 318 g/mol. The van der Waals surface area contributed by atoms with Crippen molar-refractivity contribution in [1.29, 1.82) is 0 Å². The average Bonchev–Trinajstić information content (AvgIpc) is 2.63. The van der Waals surface area contributed by atoms with Gasteiger partial charge in [0.05, 0.1) is 12.8 Å². The molecule has 1 N–H and O–H groups in total. The van der Waals surface area contributed by atoms with Crippen LogP contribution in [0.15, 0.2) is 71.8 Å². The lowest BCUT2D eigenvalue weighted by molar-refractivity contribution is 0.0955. The van der Waals surface area contributed by atoms with Crippen LogP contribution in [-0.4, -0.2) is 18.7 Å². The lowest BCUT2D eigenvalue weighted by atomic mass is 10.1. The van der Waals surface area contributed by atoms with E-state index < -0.39 is 0 Å². The van der Waals surface area contributed by atoms with E-state index in [1.54, 1.807) is 30.5 Å². The highest BCUT2D eigenvalue weighted by Gasteiger charge is 2.04. The number of nitrogens with one attached hydrogen (secondary N) is 1. The first-order valence-electron chi connectivity index (χ1n) is 7.82. The minimum Gasteiger partial charge on any atom is -0.494 e. The molecule has 0 aliphatic rings. The number of hydrogen-bond donors (Lipinski definition) is 1. The molecule has 0 bridgehead atoms. The van der Waals surface area contributed by atoms with Gasteiger partial charge in [-0.05, 0) is 42.0 Å². The number of carbonyl (C=O) groups excluding carboxylic acids is 1. The van der Waals surface area contributed by atoms with Crippen molar-refractivity contribution in [3.8, 4) is 5.75 Å². The van der Waals surface area contributed by atoms with E-state index in [9.17, 15) is 4.79 Å². The normalized spacial score (nSPS) is 10.9. The van der Waals surface area contributed by atoms with Gasteiger partial charge < -0.3 is 4.74 Å². The van der Waals surface area contributed by atoms with Gasteiger partial charge in [-0.2, -0.15) is 5.10 Å². The molecule has 4 nitrogen and oxygen atoms in total. The fourth-order valence-electron chi connectivity index (χ4n) is 2.46. The first kappa shape index (κ1) is 15.7. The molecule has 0 unspecified atom stereocenters. The summed E-state index contributed by atoms with van der Waals surface area (Å²) in [5.74, 6) is 0.489. The van der Waals surface area contributed by atoms with Crippen molar-refractivity contribution in [2.75, 3.05) is 6.61 Å². The molecule has 0 saturated carbocycles. The molecule has 3 rings (SSSR count). The van der Waals surface area contributed by atoms with Crippen molar-refractivity contribution < 1.29 is 9.53 Å². The number of fused-ring (bicyclic) bond motifs is 1. The predicted octanol–water partition coefficient (Wildman–Crippen LogP) is 4.00. The summed E-state index contributed by atoms with van der Waals surface area (Å²) >= 11 is 0. The molecule has 0 heterocycles. The van der Waals surface area contributed by atoms with Crippen molar-refractivity contribution in [3.05, 3.63) is 77.9 Å². The molecule has 1 amide bonds. The third kappa shape index (κ3) is 3.60. The van der Waals surface area contributed by atoms with E-state index in [0.717, 1.165) is 22.1 Å². The maximum Gasteiger partial charge on any atom is 0.271 e. The fourth-order valence-corrected chi connectivity index (χ4v) is 2.46. The summed E-state index contributed by atoms with van der Waals surface area (Å²) in [7, 11) is 0. The SMILES string of the molecule is CCOc1ccc(C(=O)NN=Cc2cccc3ccccc23)cc1. The summed E-state index contributed by atoms with van der Waals surface area (Å²) in [6.45, 7) is 2.52. The molecule has 0 radical (unpaired) electrons. The van der Waals surface area contributed by atoms with E-state index in [1.165, 1.54) is 0 Å². The topological polar surface area (TPSA) is 50.7 Å². The third-order valence-electron chi connectivity index (χ3n) is 3.62. The largest absolute Gasteiger partial charge is 0.494 e. The second-order valence-electron chi connectivity index (χ2n) is 5.22. The smallest absolute Gasteiger partial charge is 0.271 e. The Morgan fingerprint density at radius 3 is 2.58 bits per heavy atom. The third-order valence-corrected chi connectivity index (χ3v) is 3.62. The number of benzene rings is 3. The Kier molecular flexibility index (Phi) is 4.87. The quantitative estimate of drug-likeness (QED) is 0.571. The summed E-state index contributed by atoms with van der Waals surface area (Å²) in [4.78, 5) is 12.1. The predicted molar refractivity (Wildman–Crippen MR) is 96.6 cm³/mol. The Morgan fingerprint density at radius 1 is 1.04 bits per heavy atom. The highest BCUT2D eigenvalue weighted by molar-refractivity contribution is 6.00. The van der Waals surface area contributed by atoms with E-state index >= 15 is 0 Å². The molecule has 120 valence electrons. The fraction of sp³-hybridized carbons (Fsp3) is 0.100. The first-order valence-corrected chi connectivity index (χ1v) is 7.82. The van der Waals surface area contributed by atoms with Gasteiger partial charge in [0.15, 0.2) is 0 Å². The molecule has 0 aromatic heterocycles. The van der Waals surface area contributed by atoms with E-state index in [1.807, 2.05) is 49.4 Å². The zero-order chi connectivity index (χ0) is 16.8. The van der Waals surface area contributed by atoms with Crippen LogP contribution in [0.25, 0.3) is 10.8 Å². The van der Waals surface area contributed by atoms with Crippen LogP contribution in [0, 0.1) is 0 Å². The van der Waals surface area contributed by atoms with Gasteiger partial charge in [0.1, 0.15) is 5.75 Å². The van der Waals surface area contributed by atoms with Gasteiger partial charge in [-0.15, -0.1) is 0 Å². The second-order valence-corrected chi connectivity index (χ2v) is 5.22. The summed E-state index contributed by atoms with van der Waals surface area (Å²) in [5, 5.41) is 6.31. The highest BCUT2D eigenvalue weighted by atomic mass is 16.5.